The lowest BCUT2D eigenvalue weighted by Crippen LogP contribution is -2.52. The number of hydrogen-bond acceptors (Lipinski definition) is 4. The molecule has 1 unspecified atom stereocenters. The number of aliphatic hydroxyl groups excluding tert-OH is 1. The number of hydrogen-bond donors (Lipinski definition) is 2. The first-order valence-electron chi connectivity index (χ1n) is 8.68. The summed E-state index contributed by atoms with van der Waals surface area (Å²) in [5.41, 5.74) is 2.13. The number of aliphatic hydroxyl groups is 1. The molecule has 0 spiro atoms. The third-order valence-corrected chi connectivity index (χ3v) is 4.33. The molecule has 1 aliphatic heterocycles. The number of piperazine rings is 1. The topological polar surface area (TPSA) is 65.0 Å². The Bertz CT molecular complexity index is 516. The zero-order valence-electron chi connectivity index (χ0n) is 14.7. The van der Waals surface area contributed by atoms with Gasteiger partial charge >= 0.3 is 6.03 Å². The van der Waals surface area contributed by atoms with E-state index < -0.39 is 0 Å². The van der Waals surface area contributed by atoms with Gasteiger partial charge in [0.15, 0.2) is 0 Å². The highest BCUT2D eigenvalue weighted by molar-refractivity contribution is 5.74. The molecule has 1 aromatic rings. The molecule has 0 bridgehead atoms. The van der Waals surface area contributed by atoms with E-state index in [2.05, 4.69) is 16.3 Å². The van der Waals surface area contributed by atoms with Gasteiger partial charge in [0.2, 0.25) is 0 Å². The Balaban J connectivity index is 1.75. The molecular weight excluding hydrogens is 306 g/mol. The maximum Gasteiger partial charge on any atom is 0.317 e. The van der Waals surface area contributed by atoms with Crippen molar-refractivity contribution in [3.8, 4) is 0 Å². The minimum atomic E-state index is -0.0167. The van der Waals surface area contributed by atoms with Gasteiger partial charge in [-0.1, -0.05) is 24.3 Å². The van der Waals surface area contributed by atoms with E-state index in [0.717, 1.165) is 43.9 Å². The average molecular weight is 335 g/mol. The van der Waals surface area contributed by atoms with E-state index >= 15 is 0 Å². The average Bonchev–Trinajstić information content (AvgIpc) is 2.61. The molecular formula is C18H29N3O3. The predicted molar refractivity (Wildman–Crippen MR) is 93.7 cm³/mol. The molecule has 2 N–H and O–H groups in total. The molecule has 1 saturated heterocycles. The van der Waals surface area contributed by atoms with E-state index in [4.69, 9.17) is 4.74 Å². The summed E-state index contributed by atoms with van der Waals surface area (Å²) in [6.07, 6.45) is 0.0372. The Hall–Kier alpha value is -1.63. The highest BCUT2D eigenvalue weighted by Crippen LogP contribution is 2.13. The number of carbonyl (C=O) groups excluding carboxylic acids is 1. The third kappa shape index (κ3) is 5.47. The Morgan fingerprint density at radius 2 is 1.92 bits per heavy atom. The van der Waals surface area contributed by atoms with E-state index in [1.165, 1.54) is 0 Å². The maximum atomic E-state index is 12.2. The summed E-state index contributed by atoms with van der Waals surface area (Å²) in [5.74, 6) is 0. The summed E-state index contributed by atoms with van der Waals surface area (Å²) in [5, 5.41) is 12.3. The van der Waals surface area contributed by atoms with Gasteiger partial charge in [-0.3, -0.25) is 4.90 Å². The monoisotopic (exact) mass is 335 g/mol. The minimum absolute atomic E-state index is 0.0167. The first-order chi connectivity index (χ1) is 11.6. The Kier molecular flexibility index (Phi) is 7.49. The standard InChI is InChI=1S/C18H29N3O3/c1-3-24-15(2)12-19-18(23)21-10-8-20(9-11-21)13-16-6-4-5-7-17(16)14-22/h4-7,15,22H,3,8-14H2,1-2H3,(H,19,23). The minimum Gasteiger partial charge on any atom is -0.392 e. The van der Waals surface area contributed by atoms with Gasteiger partial charge in [0.25, 0.3) is 0 Å². The van der Waals surface area contributed by atoms with Crippen molar-refractivity contribution in [2.24, 2.45) is 0 Å². The van der Waals surface area contributed by atoms with E-state index in [9.17, 15) is 9.90 Å². The number of urea groups is 1. The van der Waals surface area contributed by atoms with Crippen LogP contribution < -0.4 is 5.32 Å². The lowest BCUT2D eigenvalue weighted by molar-refractivity contribution is 0.0744. The fraction of sp³-hybridized carbons (Fsp3) is 0.611. The van der Waals surface area contributed by atoms with E-state index in [-0.39, 0.29) is 18.7 Å². The second kappa shape index (κ2) is 9.61. The van der Waals surface area contributed by atoms with Gasteiger partial charge in [0, 0.05) is 45.9 Å². The SMILES string of the molecule is CCOC(C)CNC(=O)N1CCN(Cc2ccccc2CO)CC1. The van der Waals surface area contributed by atoms with Crippen molar-refractivity contribution < 1.29 is 14.6 Å². The first kappa shape index (κ1) is 18.7. The normalized spacial score (nSPS) is 16.9. The molecule has 1 fully saturated rings. The zero-order chi connectivity index (χ0) is 17.4. The van der Waals surface area contributed by atoms with Crippen LogP contribution in [0.25, 0.3) is 0 Å². The fourth-order valence-corrected chi connectivity index (χ4v) is 2.90. The van der Waals surface area contributed by atoms with Gasteiger partial charge in [-0.15, -0.1) is 0 Å². The second-order valence-corrected chi connectivity index (χ2v) is 6.14. The van der Waals surface area contributed by atoms with Crippen molar-refractivity contribution in [2.45, 2.75) is 33.1 Å². The Morgan fingerprint density at radius 3 is 2.54 bits per heavy atom. The predicted octanol–water partition coefficient (Wildman–Crippen LogP) is 1.43. The third-order valence-electron chi connectivity index (χ3n) is 4.33. The molecule has 6 nitrogen and oxygen atoms in total. The quantitative estimate of drug-likeness (QED) is 0.791. The Labute approximate surface area is 144 Å². The van der Waals surface area contributed by atoms with Crippen LogP contribution in [0.5, 0.6) is 0 Å². The first-order valence-corrected chi connectivity index (χ1v) is 8.68. The number of amides is 2. The van der Waals surface area contributed by atoms with Crippen molar-refractivity contribution in [1.29, 1.82) is 0 Å². The van der Waals surface area contributed by atoms with Crippen LogP contribution in [0.15, 0.2) is 24.3 Å². The van der Waals surface area contributed by atoms with E-state index in [1.807, 2.05) is 36.9 Å². The number of nitrogens with zero attached hydrogens (tertiary/aromatic N) is 2. The molecule has 1 aliphatic rings. The lowest BCUT2D eigenvalue weighted by atomic mass is 10.1. The summed E-state index contributed by atoms with van der Waals surface area (Å²) in [6, 6.07) is 7.94. The van der Waals surface area contributed by atoms with Gasteiger partial charge in [-0.25, -0.2) is 4.79 Å². The molecule has 24 heavy (non-hydrogen) atoms. The van der Waals surface area contributed by atoms with Gasteiger partial charge in [-0.2, -0.15) is 0 Å². The van der Waals surface area contributed by atoms with Gasteiger partial charge in [0.05, 0.1) is 12.7 Å². The Morgan fingerprint density at radius 1 is 1.25 bits per heavy atom. The van der Waals surface area contributed by atoms with Crippen LogP contribution in [0.3, 0.4) is 0 Å². The van der Waals surface area contributed by atoms with E-state index in [1.54, 1.807) is 0 Å². The molecule has 0 aliphatic carbocycles. The summed E-state index contributed by atoms with van der Waals surface area (Å²) in [7, 11) is 0. The molecule has 1 atom stereocenters. The van der Waals surface area contributed by atoms with Crippen LogP contribution in [-0.2, 0) is 17.9 Å². The van der Waals surface area contributed by atoms with Crippen molar-refractivity contribution in [1.82, 2.24) is 15.1 Å². The van der Waals surface area contributed by atoms with Crippen LogP contribution in [0, 0.1) is 0 Å². The molecule has 0 saturated carbocycles. The fourth-order valence-electron chi connectivity index (χ4n) is 2.90. The summed E-state index contributed by atoms with van der Waals surface area (Å²) >= 11 is 0. The highest BCUT2D eigenvalue weighted by atomic mass is 16.5. The molecule has 0 aromatic heterocycles. The number of ether oxygens (including phenoxy) is 1. The van der Waals surface area contributed by atoms with Gasteiger partial charge in [-0.05, 0) is 25.0 Å². The lowest BCUT2D eigenvalue weighted by Gasteiger charge is -2.35. The van der Waals surface area contributed by atoms with Crippen LogP contribution in [0.4, 0.5) is 4.79 Å². The number of rotatable bonds is 7. The zero-order valence-corrected chi connectivity index (χ0v) is 14.7. The van der Waals surface area contributed by atoms with Crippen LogP contribution in [0.2, 0.25) is 0 Å². The van der Waals surface area contributed by atoms with Gasteiger partial charge in [0.1, 0.15) is 0 Å². The van der Waals surface area contributed by atoms with Crippen molar-refractivity contribution in [3.63, 3.8) is 0 Å². The van der Waals surface area contributed by atoms with Crippen molar-refractivity contribution >= 4 is 6.03 Å². The molecule has 2 amide bonds. The number of benzene rings is 1. The molecule has 2 rings (SSSR count). The van der Waals surface area contributed by atoms with Crippen molar-refractivity contribution in [2.75, 3.05) is 39.3 Å². The second-order valence-electron chi connectivity index (χ2n) is 6.14. The molecule has 1 heterocycles. The number of carbonyl (C=O) groups is 1. The summed E-state index contributed by atoms with van der Waals surface area (Å²) in [4.78, 5) is 16.4. The summed E-state index contributed by atoms with van der Waals surface area (Å²) in [6.45, 7) is 9.10. The largest absolute Gasteiger partial charge is 0.392 e. The maximum absolute atomic E-state index is 12.2. The molecule has 0 radical (unpaired) electrons. The molecule has 134 valence electrons. The van der Waals surface area contributed by atoms with Gasteiger partial charge < -0.3 is 20.1 Å². The van der Waals surface area contributed by atoms with Crippen LogP contribution >= 0.6 is 0 Å². The summed E-state index contributed by atoms with van der Waals surface area (Å²) < 4.78 is 5.42. The van der Waals surface area contributed by atoms with E-state index in [0.29, 0.717) is 13.2 Å². The number of nitrogens with one attached hydrogen (secondary N) is 1. The van der Waals surface area contributed by atoms with Crippen molar-refractivity contribution in [3.05, 3.63) is 35.4 Å². The molecule has 6 heteroatoms. The smallest absolute Gasteiger partial charge is 0.317 e. The highest BCUT2D eigenvalue weighted by Gasteiger charge is 2.21. The van der Waals surface area contributed by atoms with Crippen LogP contribution in [0.1, 0.15) is 25.0 Å². The van der Waals surface area contributed by atoms with Crippen LogP contribution in [-0.4, -0.2) is 66.4 Å². The molecule has 1 aromatic carbocycles.